The van der Waals surface area contributed by atoms with E-state index in [1.807, 2.05) is 44.2 Å². The van der Waals surface area contributed by atoms with Crippen LogP contribution in [0.1, 0.15) is 24.5 Å². The van der Waals surface area contributed by atoms with E-state index in [0.29, 0.717) is 12.3 Å². The van der Waals surface area contributed by atoms with E-state index in [-0.39, 0.29) is 24.8 Å². The van der Waals surface area contributed by atoms with Crippen LogP contribution in [0.4, 0.5) is 5.69 Å². The van der Waals surface area contributed by atoms with E-state index in [1.54, 1.807) is 24.3 Å². The first-order valence-electron chi connectivity index (χ1n) is 8.92. The van der Waals surface area contributed by atoms with Crippen LogP contribution in [0.2, 0.25) is 0 Å². The number of anilines is 1. The Bertz CT molecular complexity index is 842. The fraction of sp³-hybridized carbons (Fsp3) is 0.238. The van der Waals surface area contributed by atoms with Crippen molar-refractivity contribution in [2.24, 2.45) is 0 Å². The summed E-state index contributed by atoms with van der Waals surface area (Å²) in [5.74, 6) is 0.328. The predicted molar refractivity (Wildman–Crippen MR) is 105 cm³/mol. The molecule has 2 aromatic rings. The minimum Gasteiger partial charge on any atom is -0.494 e. The lowest BCUT2D eigenvalue weighted by Crippen LogP contribution is -2.48. The lowest BCUT2D eigenvalue weighted by molar-refractivity contribution is -0.136. The third kappa shape index (κ3) is 4.88. The first kappa shape index (κ1) is 18.5. The van der Waals surface area contributed by atoms with Crippen molar-refractivity contribution >= 4 is 23.2 Å². The Balaban J connectivity index is 1.60. The van der Waals surface area contributed by atoms with Crippen LogP contribution in [0.3, 0.4) is 0 Å². The average Bonchev–Trinajstić information content (AvgIpc) is 2.66. The third-order valence-corrected chi connectivity index (χ3v) is 4.15. The number of hydrazine groups is 1. The summed E-state index contributed by atoms with van der Waals surface area (Å²) in [6.07, 6.45) is 2.10. The molecule has 2 aromatic carbocycles. The van der Waals surface area contributed by atoms with Gasteiger partial charge in [0.1, 0.15) is 12.3 Å². The summed E-state index contributed by atoms with van der Waals surface area (Å²) in [5.41, 5.74) is 6.66. The Labute approximate surface area is 158 Å². The number of carbonyl (C=O) groups excluding carboxylic acids is 2. The Morgan fingerprint density at radius 3 is 2.52 bits per heavy atom. The monoisotopic (exact) mass is 365 g/mol. The zero-order chi connectivity index (χ0) is 19.2. The number of amides is 2. The van der Waals surface area contributed by atoms with Crippen LogP contribution < -0.4 is 15.5 Å². The van der Waals surface area contributed by atoms with Gasteiger partial charge in [0.05, 0.1) is 12.3 Å². The van der Waals surface area contributed by atoms with Crippen molar-refractivity contribution < 1.29 is 14.3 Å². The van der Waals surface area contributed by atoms with Crippen LogP contribution in [-0.4, -0.2) is 30.0 Å². The summed E-state index contributed by atoms with van der Waals surface area (Å²) >= 11 is 0. The van der Waals surface area contributed by atoms with E-state index in [4.69, 9.17) is 4.74 Å². The fourth-order valence-electron chi connectivity index (χ4n) is 2.74. The number of carbonyl (C=O) groups is 2. The van der Waals surface area contributed by atoms with Gasteiger partial charge in [-0.1, -0.05) is 29.8 Å². The van der Waals surface area contributed by atoms with E-state index in [2.05, 4.69) is 10.7 Å². The van der Waals surface area contributed by atoms with Crippen molar-refractivity contribution in [3.05, 3.63) is 65.7 Å². The van der Waals surface area contributed by atoms with E-state index in [1.165, 1.54) is 5.01 Å². The minimum absolute atomic E-state index is 0.0742. The molecule has 2 N–H and O–H groups in total. The van der Waals surface area contributed by atoms with E-state index < -0.39 is 0 Å². The molecule has 2 amide bonds. The van der Waals surface area contributed by atoms with Gasteiger partial charge in [0, 0.05) is 12.1 Å². The summed E-state index contributed by atoms with van der Waals surface area (Å²) in [7, 11) is 0. The molecule has 27 heavy (non-hydrogen) atoms. The molecule has 0 bridgehead atoms. The van der Waals surface area contributed by atoms with Crippen LogP contribution >= 0.6 is 0 Å². The second kappa shape index (κ2) is 8.40. The molecular weight excluding hydrogens is 342 g/mol. The fourth-order valence-corrected chi connectivity index (χ4v) is 2.74. The lowest BCUT2D eigenvalue weighted by atomic mass is 10.1. The van der Waals surface area contributed by atoms with E-state index >= 15 is 0 Å². The summed E-state index contributed by atoms with van der Waals surface area (Å²) in [4.78, 5) is 24.5. The quantitative estimate of drug-likeness (QED) is 0.825. The van der Waals surface area contributed by atoms with Gasteiger partial charge in [0.2, 0.25) is 11.8 Å². The Morgan fingerprint density at radius 1 is 1.15 bits per heavy atom. The molecule has 0 unspecified atom stereocenters. The Kier molecular flexibility index (Phi) is 5.76. The molecule has 0 spiro atoms. The maximum absolute atomic E-state index is 12.3. The standard InChI is InChI=1S/C21H23N3O3/c1-3-27-18-10-8-17(9-11-18)22-20(25)14-24-21(26)13-12-19(23-24)16-6-4-15(2)5-7-16/h4-12,23H,3,13-14H2,1-2H3,(H,22,25). The summed E-state index contributed by atoms with van der Waals surface area (Å²) in [6, 6.07) is 15.1. The molecule has 0 fully saturated rings. The Hall–Kier alpha value is -3.28. The van der Waals surface area contributed by atoms with Crippen molar-refractivity contribution in [3.63, 3.8) is 0 Å². The number of aryl methyl sites for hydroxylation is 1. The minimum atomic E-state index is -0.273. The highest BCUT2D eigenvalue weighted by Gasteiger charge is 2.22. The molecule has 6 nitrogen and oxygen atoms in total. The van der Waals surface area contributed by atoms with Gasteiger partial charge < -0.3 is 10.1 Å². The highest BCUT2D eigenvalue weighted by molar-refractivity contribution is 5.95. The first-order chi connectivity index (χ1) is 13.0. The largest absolute Gasteiger partial charge is 0.494 e. The molecule has 1 aliphatic rings. The SMILES string of the molecule is CCOc1ccc(NC(=O)CN2NC(c3ccc(C)cc3)=CCC2=O)cc1. The number of benzene rings is 2. The van der Waals surface area contributed by atoms with Gasteiger partial charge >= 0.3 is 0 Å². The molecule has 0 aliphatic carbocycles. The first-order valence-corrected chi connectivity index (χ1v) is 8.92. The lowest BCUT2D eigenvalue weighted by Gasteiger charge is -2.28. The molecule has 0 saturated carbocycles. The highest BCUT2D eigenvalue weighted by atomic mass is 16.5. The van der Waals surface area contributed by atoms with E-state index in [9.17, 15) is 9.59 Å². The molecule has 0 saturated heterocycles. The van der Waals surface area contributed by atoms with Crippen molar-refractivity contribution in [1.82, 2.24) is 10.4 Å². The van der Waals surface area contributed by atoms with Crippen LogP contribution in [0, 0.1) is 6.92 Å². The number of hydrogen-bond donors (Lipinski definition) is 2. The van der Waals surface area contributed by atoms with Gasteiger partial charge in [-0.2, -0.15) is 0 Å². The summed E-state index contributed by atoms with van der Waals surface area (Å²) in [6.45, 7) is 4.45. The van der Waals surface area contributed by atoms with Gasteiger partial charge in [-0.25, -0.2) is 5.01 Å². The molecule has 0 atom stereocenters. The smallest absolute Gasteiger partial charge is 0.246 e. The summed E-state index contributed by atoms with van der Waals surface area (Å²) in [5, 5.41) is 4.14. The molecule has 0 aromatic heterocycles. The molecule has 140 valence electrons. The molecule has 1 aliphatic heterocycles. The van der Waals surface area contributed by atoms with Gasteiger partial charge in [0.15, 0.2) is 0 Å². The second-order valence-electron chi connectivity index (χ2n) is 6.29. The highest BCUT2D eigenvalue weighted by Crippen LogP contribution is 2.19. The number of rotatable bonds is 6. The molecule has 0 radical (unpaired) electrons. The van der Waals surface area contributed by atoms with Gasteiger partial charge in [-0.3, -0.25) is 15.0 Å². The molecule has 1 heterocycles. The topological polar surface area (TPSA) is 70.7 Å². The van der Waals surface area contributed by atoms with Crippen LogP contribution in [0.5, 0.6) is 5.75 Å². The van der Waals surface area contributed by atoms with Crippen molar-refractivity contribution in [2.75, 3.05) is 18.5 Å². The van der Waals surface area contributed by atoms with Crippen LogP contribution in [0.25, 0.3) is 5.70 Å². The van der Waals surface area contributed by atoms with Gasteiger partial charge in [-0.05, 0) is 49.8 Å². The zero-order valence-corrected chi connectivity index (χ0v) is 15.5. The van der Waals surface area contributed by atoms with Gasteiger partial charge in [0.25, 0.3) is 0 Å². The van der Waals surface area contributed by atoms with Crippen molar-refractivity contribution in [2.45, 2.75) is 20.3 Å². The van der Waals surface area contributed by atoms with Crippen LogP contribution in [0.15, 0.2) is 54.6 Å². The van der Waals surface area contributed by atoms with Crippen molar-refractivity contribution in [1.29, 1.82) is 0 Å². The average molecular weight is 365 g/mol. The van der Waals surface area contributed by atoms with Gasteiger partial charge in [-0.15, -0.1) is 0 Å². The van der Waals surface area contributed by atoms with Crippen molar-refractivity contribution in [3.8, 4) is 5.75 Å². The second-order valence-corrected chi connectivity index (χ2v) is 6.29. The maximum atomic E-state index is 12.3. The number of nitrogens with one attached hydrogen (secondary N) is 2. The predicted octanol–water partition coefficient (Wildman–Crippen LogP) is 3.11. The molecular formula is C21H23N3O3. The van der Waals surface area contributed by atoms with Crippen LogP contribution in [-0.2, 0) is 9.59 Å². The third-order valence-electron chi connectivity index (χ3n) is 4.15. The molecule has 3 rings (SSSR count). The van der Waals surface area contributed by atoms with E-state index in [0.717, 1.165) is 22.6 Å². The number of hydrogen-bond acceptors (Lipinski definition) is 4. The number of nitrogens with zero attached hydrogens (tertiary/aromatic N) is 1. The summed E-state index contributed by atoms with van der Waals surface area (Å²) < 4.78 is 5.38. The Morgan fingerprint density at radius 2 is 1.85 bits per heavy atom. The molecule has 6 heteroatoms. The maximum Gasteiger partial charge on any atom is 0.246 e. The number of ether oxygens (including phenoxy) is 1. The zero-order valence-electron chi connectivity index (χ0n) is 15.5. The normalized spacial score (nSPS) is 13.6.